The van der Waals surface area contributed by atoms with Crippen molar-refractivity contribution < 1.29 is 28.9 Å². The van der Waals surface area contributed by atoms with Gasteiger partial charge in [0.05, 0.1) is 33.7 Å². The number of benzene rings is 2. The summed E-state index contributed by atoms with van der Waals surface area (Å²) in [6.07, 6.45) is 6.88. The van der Waals surface area contributed by atoms with Crippen molar-refractivity contribution in [1.29, 1.82) is 0 Å². The number of halogens is 2. The maximum Gasteiger partial charge on any atom is 0.344 e. The fourth-order valence-corrected chi connectivity index (χ4v) is 4.81. The first kappa shape index (κ1) is 26.4. The Balaban J connectivity index is 2.05. The van der Waals surface area contributed by atoms with Gasteiger partial charge < -0.3 is 19.3 Å². The molecule has 1 N–H and O–H groups in total. The van der Waals surface area contributed by atoms with Crippen molar-refractivity contribution in [3.05, 3.63) is 73.3 Å². The highest BCUT2D eigenvalue weighted by Crippen LogP contribution is 2.42. The Kier molecular flexibility index (Phi) is 9.04. The number of thioether (sulfide) groups is 1. The number of nitrogens with zero attached hydrogens (tertiary/aromatic N) is 1. The van der Waals surface area contributed by atoms with Gasteiger partial charge in [-0.25, -0.2) is 9.79 Å². The summed E-state index contributed by atoms with van der Waals surface area (Å²) in [6, 6.07) is 9.81. The highest BCUT2D eigenvalue weighted by Gasteiger charge is 2.34. The van der Waals surface area contributed by atoms with Crippen LogP contribution in [0.15, 0.2) is 62.1 Å². The second kappa shape index (κ2) is 12.0. The summed E-state index contributed by atoms with van der Waals surface area (Å²) in [5.74, 6) is 1.40. The van der Waals surface area contributed by atoms with Gasteiger partial charge in [0.2, 0.25) is 0 Å². The largest absolute Gasteiger partial charge is 0.506 e. The lowest BCUT2D eigenvalue weighted by atomic mass is 10.1. The molecule has 3 rings (SSSR count). The van der Waals surface area contributed by atoms with Crippen LogP contribution in [0.25, 0.3) is 6.08 Å². The van der Waals surface area contributed by atoms with Crippen LogP contribution in [0, 0.1) is 12.3 Å². The highest BCUT2D eigenvalue weighted by molar-refractivity contribution is 9.10. The molecule has 7 nitrogen and oxygen atoms in total. The molecule has 35 heavy (non-hydrogen) atoms. The van der Waals surface area contributed by atoms with E-state index in [0.29, 0.717) is 21.5 Å². The van der Waals surface area contributed by atoms with Crippen LogP contribution in [0.5, 0.6) is 11.5 Å². The van der Waals surface area contributed by atoms with E-state index in [0.717, 1.165) is 11.8 Å². The van der Waals surface area contributed by atoms with Crippen molar-refractivity contribution in [1.82, 2.24) is 0 Å². The number of aliphatic hydroxyl groups excluding tert-OH is 1. The molecule has 2 aromatic rings. The van der Waals surface area contributed by atoms with Gasteiger partial charge in [-0.1, -0.05) is 41.4 Å². The van der Waals surface area contributed by atoms with Crippen molar-refractivity contribution in [2.45, 2.75) is 6.92 Å². The molecule has 0 aromatic heterocycles. The minimum Gasteiger partial charge on any atom is -0.506 e. The normalized spacial score (nSPS) is 15.3. The van der Waals surface area contributed by atoms with Crippen LogP contribution in [0.3, 0.4) is 0 Å². The molecule has 1 aliphatic heterocycles. The second-order valence-electron chi connectivity index (χ2n) is 6.78. The van der Waals surface area contributed by atoms with E-state index in [1.54, 1.807) is 43.3 Å². The number of rotatable bonds is 7. The summed E-state index contributed by atoms with van der Waals surface area (Å²) in [4.78, 5) is 29.7. The van der Waals surface area contributed by atoms with Gasteiger partial charge in [-0.3, -0.25) is 4.79 Å². The van der Waals surface area contributed by atoms with Crippen LogP contribution in [-0.2, 0) is 9.53 Å². The van der Waals surface area contributed by atoms with Crippen molar-refractivity contribution >= 4 is 62.3 Å². The Bertz CT molecular complexity index is 1310. The number of hydrogen-bond donors (Lipinski definition) is 1. The van der Waals surface area contributed by atoms with Gasteiger partial charge in [0.15, 0.2) is 11.5 Å². The smallest absolute Gasteiger partial charge is 0.344 e. The first-order valence-electron chi connectivity index (χ1n) is 10.1. The van der Waals surface area contributed by atoms with Gasteiger partial charge in [0, 0.05) is 0 Å². The maximum atomic E-state index is 12.8. The van der Waals surface area contributed by atoms with Gasteiger partial charge in [-0.05, 0) is 58.8 Å². The number of carbonyl (C=O) groups excluding carboxylic acids is 2. The maximum absolute atomic E-state index is 12.8. The summed E-state index contributed by atoms with van der Waals surface area (Å²) in [5.41, 5.74) is 0.569. The highest BCUT2D eigenvalue weighted by atomic mass is 79.9. The average molecular weight is 577 g/mol. The molecular formula is C25H19BrClNO6S. The number of aliphatic imine (C=N–C) groups is 1. The molecule has 0 bridgehead atoms. The van der Waals surface area contributed by atoms with Gasteiger partial charge in [-0.2, -0.15) is 0 Å². The Hall–Kier alpha value is -3.19. The number of amides is 1. The van der Waals surface area contributed by atoms with Crippen molar-refractivity contribution in [2.24, 2.45) is 4.99 Å². The number of hydrogen-bond acceptors (Lipinski definition) is 7. The summed E-state index contributed by atoms with van der Waals surface area (Å²) < 4.78 is 16.5. The predicted molar refractivity (Wildman–Crippen MR) is 140 cm³/mol. The van der Waals surface area contributed by atoms with Crippen LogP contribution in [-0.4, -0.2) is 42.4 Å². The molecule has 0 atom stereocenters. The Morgan fingerprint density at radius 3 is 2.71 bits per heavy atom. The average Bonchev–Trinajstić information content (AvgIpc) is 3.12. The van der Waals surface area contributed by atoms with E-state index >= 15 is 0 Å². The van der Waals surface area contributed by atoms with Crippen molar-refractivity contribution in [3.63, 3.8) is 0 Å². The number of carbonyl (C=O) groups is 2. The fraction of sp³-hybridized carbons (Fsp3) is 0.160. The van der Waals surface area contributed by atoms with Crippen LogP contribution >= 0.6 is 39.3 Å². The van der Waals surface area contributed by atoms with E-state index < -0.39 is 11.9 Å². The molecular weight excluding hydrogens is 558 g/mol. The number of esters is 1. The monoisotopic (exact) mass is 575 g/mol. The zero-order chi connectivity index (χ0) is 25.5. The third kappa shape index (κ3) is 6.09. The van der Waals surface area contributed by atoms with Crippen LogP contribution in [0.2, 0.25) is 5.02 Å². The predicted octanol–water partition coefficient (Wildman–Crippen LogP) is 5.82. The molecule has 1 aliphatic rings. The lowest BCUT2D eigenvalue weighted by Crippen LogP contribution is -2.14. The standard InChI is InChI=1S/C25H19BrClNO6S/c1-4-10-34-22-16(26)11-14(12-18(22)32-3)13-19-21(29)20(25(31)33-5-2)24(35-19)28-23(30)15-8-6-7-9-17(15)27/h1,6-9,11-13,29H,5,10H2,2-3H3/b19-13-,28-24?. The lowest BCUT2D eigenvalue weighted by Gasteiger charge is -2.12. The molecule has 0 saturated heterocycles. The van der Waals surface area contributed by atoms with Crippen molar-refractivity contribution in [2.75, 3.05) is 20.3 Å². The molecule has 0 radical (unpaired) electrons. The van der Waals surface area contributed by atoms with E-state index in [2.05, 4.69) is 26.8 Å². The fourth-order valence-electron chi connectivity index (χ4n) is 3.01. The van der Waals surface area contributed by atoms with E-state index in [1.807, 2.05) is 0 Å². The van der Waals surface area contributed by atoms with E-state index in [1.165, 1.54) is 13.2 Å². The number of terminal acetylenes is 1. The molecule has 2 aromatic carbocycles. The summed E-state index contributed by atoms with van der Waals surface area (Å²) >= 11 is 10.5. The molecule has 10 heteroatoms. The molecule has 0 saturated carbocycles. The Morgan fingerprint density at radius 1 is 1.31 bits per heavy atom. The molecule has 1 heterocycles. The number of aliphatic hydroxyl groups is 1. The Labute approximate surface area is 219 Å². The number of ether oxygens (including phenoxy) is 3. The van der Waals surface area contributed by atoms with Gasteiger partial charge >= 0.3 is 5.97 Å². The number of methoxy groups -OCH3 is 1. The Morgan fingerprint density at radius 2 is 2.06 bits per heavy atom. The first-order valence-corrected chi connectivity index (χ1v) is 12.1. The third-order valence-electron chi connectivity index (χ3n) is 4.53. The third-order valence-corrected chi connectivity index (χ3v) is 6.47. The molecule has 0 fully saturated rings. The summed E-state index contributed by atoms with van der Waals surface area (Å²) in [7, 11) is 1.48. The van der Waals surface area contributed by atoms with Crippen molar-refractivity contribution in [3.8, 4) is 23.8 Å². The van der Waals surface area contributed by atoms with Crippen LogP contribution in [0.1, 0.15) is 22.8 Å². The summed E-state index contributed by atoms with van der Waals surface area (Å²) in [5, 5.41) is 11.1. The molecule has 1 amide bonds. The zero-order valence-corrected chi connectivity index (χ0v) is 21.8. The first-order chi connectivity index (χ1) is 16.8. The molecule has 180 valence electrons. The topological polar surface area (TPSA) is 94.4 Å². The summed E-state index contributed by atoms with van der Waals surface area (Å²) in [6.45, 7) is 1.76. The lowest BCUT2D eigenvalue weighted by molar-refractivity contribution is -0.138. The molecule has 0 aliphatic carbocycles. The quantitative estimate of drug-likeness (QED) is 0.328. The zero-order valence-electron chi connectivity index (χ0n) is 18.6. The van der Waals surface area contributed by atoms with E-state index in [-0.39, 0.29) is 45.1 Å². The van der Waals surface area contributed by atoms with Crippen LogP contribution in [0.4, 0.5) is 0 Å². The van der Waals surface area contributed by atoms with E-state index in [9.17, 15) is 14.7 Å². The minimum atomic E-state index is -0.802. The van der Waals surface area contributed by atoms with Gasteiger partial charge in [0.1, 0.15) is 23.0 Å². The minimum absolute atomic E-state index is 0.00266. The van der Waals surface area contributed by atoms with E-state index in [4.69, 9.17) is 32.2 Å². The molecule has 0 spiro atoms. The molecule has 0 unspecified atom stereocenters. The van der Waals surface area contributed by atoms with Gasteiger partial charge in [-0.15, -0.1) is 6.42 Å². The second-order valence-corrected chi connectivity index (χ2v) is 9.08. The van der Waals surface area contributed by atoms with Crippen LogP contribution < -0.4 is 9.47 Å². The SMILES string of the molecule is C#CCOc1c(Br)cc(/C=C2\SC(=NC(=O)c3ccccc3Cl)C(C(=O)OCC)=C2O)cc1OC. The van der Waals surface area contributed by atoms with Gasteiger partial charge in [0.25, 0.3) is 5.91 Å².